The van der Waals surface area contributed by atoms with Crippen LogP contribution in [0.1, 0.15) is 18.1 Å². The van der Waals surface area contributed by atoms with Crippen molar-refractivity contribution in [1.29, 1.82) is 5.26 Å². The number of benzene rings is 3. The number of nitrogens with one attached hydrogen (secondary N) is 1. The summed E-state index contributed by atoms with van der Waals surface area (Å²) in [6, 6.07) is 26.6. The molecule has 3 aromatic rings. The molecule has 1 N–H and O–H groups in total. The highest BCUT2D eigenvalue weighted by Crippen LogP contribution is 2.18. The number of nitriles is 1. The molecule has 0 fully saturated rings. The molecule has 0 heterocycles. The minimum absolute atomic E-state index is 0.360. The predicted octanol–water partition coefficient (Wildman–Crippen LogP) is 4.14. The van der Waals surface area contributed by atoms with Gasteiger partial charge in [0, 0.05) is 0 Å². The summed E-state index contributed by atoms with van der Waals surface area (Å²) in [5.74, 6) is 0.156. The second kappa shape index (κ2) is 9.15. The van der Waals surface area contributed by atoms with Crippen LogP contribution >= 0.6 is 0 Å². The molecule has 0 aliphatic rings. The van der Waals surface area contributed by atoms with Crippen molar-refractivity contribution in [3.63, 3.8) is 0 Å². The molecule has 138 valence electrons. The smallest absolute Gasteiger partial charge is 0.280 e. The van der Waals surface area contributed by atoms with Crippen LogP contribution in [0.2, 0.25) is 0 Å². The van der Waals surface area contributed by atoms with Crippen molar-refractivity contribution in [1.82, 2.24) is 5.43 Å². The zero-order valence-electron chi connectivity index (χ0n) is 15.4. The van der Waals surface area contributed by atoms with E-state index in [1.165, 1.54) is 0 Å². The molecule has 0 saturated carbocycles. The minimum atomic E-state index is -0.717. The van der Waals surface area contributed by atoms with Crippen LogP contribution in [0.3, 0.4) is 0 Å². The fourth-order valence-corrected chi connectivity index (χ4v) is 2.52. The van der Waals surface area contributed by atoms with Gasteiger partial charge >= 0.3 is 0 Å². The molecule has 0 saturated heterocycles. The van der Waals surface area contributed by atoms with Crippen LogP contribution in [0.25, 0.3) is 11.1 Å². The molecule has 1 unspecified atom stereocenters. The fraction of sp³-hybridized carbons (Fsp3) is 0.0870. The number of nitrogens with zero attached hydrogens (tertiary/aromatic N) is 2. The van der Waals surface area contributed by atoms with E-state index < -0.39 is 6.10 Å². The van der Waals surface area contributed by atoms with Gasteiger partial charge in [0.2, 0.25) is 0 Å². The van der Waals surface area contributed by atoms with Gasteiger partial charge in [-0.25, -0.2) is 5.43 Å². The lowest BCUT2D eigenvalue weighted by Crippen LogP contribution is -2.33. The number of carbonyl (C=O) groups is 1. The molecule has 0 spiro atoms. The monoisotopic (exact) mass is 369 g/mol. The Balaban J connectivity index is 1.53. The number of hydrogen-bond donors (Lipinski definition) is 1. The van der Waals surface area contributed by atoms with Crippen molar-refractivity contribution >= 4 is 12.1 Å². The van der Waals surface area contributed by atoms with E-state index in [1.807, 2.05) is 48.5 Å². The number of amides is 1. The summed E-state index contributed by atoms with van der Waals surface area (Å²) in [5.41, 5.74) is 6.15. The van der Waals surface area contributed by atoms with Crippen LogP contribution in [0, 0.1) is 11.3 Å². The highest BCUT2D eigenvalue weighted by molar-refractivity contribution is 5.84. The zero-order valence-corrected chi connectivity index (χ0v) is 15.4. The summed E-state index contributed by atoms with van der Waals surface area (Å²) < 4.78 is 5.55. The number of rotatable bonds is 6. The lowest BCUT2D eigenvalue weighted by atomic mass is 10.0. The number of carbonyl (C=O) groups excluding carboxylic acids is 1. The fourth-order valence-electron chi connectivity index (χ4n) is 2.52. The van der Waals surface area contributed by atoms with E-state index in [1.54, 1.807) is 37.4 Å². The molecule has 5 heteroatoms. The van der Waals surface area contributed by atoms with Crippen molar-refractivity contribution < 1.29 is 9.53 Å². The Labute approximate surface area is 163 Å². The van der Waals surface area contributed by atoms with E-state index in [0.717, 1.165) is 16.7 Å². The van der Waals surface area contributed by atoms with E-state index in [2.05, 4.69) is 22.7 Å². The summed E-state index contributed by atoms with van der Waals surface area (Å²) in [6.45, 7) is 1.64. The van der Waals surface area contributed by atoms with Gasteiger partial charge in [0.15, 0.2) is 6.10 Å². The second-order valence-corrected chi connectivity index (χ2v) is 6.12. The first kappa shape index (κ1) is 18.9. The van der Waals surface area contributed by atoms with Crippen LogP contribution in [0.5, 0.6) is 5.75 Å². The third kappa shape index (κ3) is 5.05. The first-order valence-electron chi connectivity index (χ1n) is 8.81. The molecule has 0 aliphatic heterocycles. The van der Waals surface area contributed by atoms with Gasteiger partial charge in [-0.05, 0) is 47.9 Å². The van der Waals surface area contributed by atoms with Gasteiger partial charge in [0.1, 0.15) is 5.75 Å². The third-order valence-corrected chi connectivity index (χ3v) is 4.07. The van der Waals surface area contributed by atoms with Gasteiger partial charge in [-0.3, -0.25) is 4.79 Å². The molecule has 1 amide bonds. The van der Waals surface area contributed by atoms with Crippen molar-refractivity contribution in [3.05, 3.63) is 90.0 Å². The van der Waals surface area contributed by atoms with E-state index in [4.69, 9.17) is 10.00 Å². The molecular weight excluding hydrogens is 350 g/mol. The summed E-state index contributed by atoms with van der Waals surface area (Å²) >= 11 is 0. The van der Waals surface area contributed by atoms with Gasteiger partial charge in [-0.2, -0.15) is 10.4 Å². The van der Waals surface area contributed by atoms with Gasteiger partial charge < -0.3 is 4.74 Å². The second-order valence-electron chi connectivity index (χ2n) is 6.12. The van der Waals surface area contributed by atoms with Gasteiger partial charge in [-0.1, -0.05) is 54.6 Å². The molecule has 0 radical (unpaired) electrons. The molecular formula is C23H19N3O2. The topological polar surface area (TPSA) is 74.5 Å². The van der Waals surface area contributed by atoms with Gasteiger partial charge in [0.25, 0.3) is 5.91 Å². The quantitative estimate of drug-likeness (QED) is 0.524. The molecule has 0 bridgehead atoms. The molecule has 1 atom stereocenters. The van der Waals surface area contributed by atoms with E-state index in [0.29, 0.717) is 11.3 Å². The summed E-state index contributed by atoms with van der Waals surface area (Å²) in [5, 5.41) is 12.8. The van der Waals surface area contributed by atoms with E-state index in [-0.39, 0.29) is 5.91 Å². The minimum Gasteiger partial charge on any atom is -0.481 e. The standard InChI is InChI=1S/C23H19N3O2/c1-17(28-22-13-9-18(15-24)10-14-22)23(27)26-25-16-19-7-11-21(12-8-19)20-5-3-2-4-6-20/h2-14,16-17H,1H3,(H,26,27)/b25-16+. The maximum atomic E-state index is 12.1. The summed E-state index contributed by atoms with van der Waals surface area (Å²) in [6.07, 6.45) is 0.867. The third-order valence-electron chi connectivity index (χ3n) is 4.07. The van der Waals surface area contributed by atoms with Crippen molar-refractivity contribution in [2.45, 2.75) is 13.0 Å². The van der Waals surface area contributed by atoms with Crippen LogP contribution in [0.4, 0.5) is 0 Å². The Morgan fingerprint density at radius 2 is 1.64 bits per heavy atom. The molecule has 28 heavy (non-hydrogen) atoms. The van der Waals surface area contributed by atoms with Crippen molar-refractivity contribution in [2.24, 2.45) is 5.10 Å². The highest BCUT2D eigenvalue weighted by Gasteiger charge is 2.13. The van der Waals surface area contributed by atoms with Crippen LogP contribution < -0.4 is 10.2 Å². The molecule has 0 aliphatic carbocycles. The Morgan fingerprint density at radius 3 is 2.29 bits per heavy atom. The van der Waals surface area contributed by atoms with E-state index >= 15 is 0 Å². The van der Waals surface area contributed by atoms with Gasteiger partial charge in [-0.15, -0.1) is 0 Å². The first-order valence-corrected chi connectivity index (χ1v) is 8.81. The molecule has 0 aromatic heterocycles. The van der Waals surface area contributed by atoms with E-state index in [9.17, 15) is 4.79 Å². The van der Waals surface area contributed by atoms with Gasteiger partial charge in [0.05, 0.1) is 17.8 Å². The molecule has 3 rings (SSSR count). The Bertz CT molecular complexity index is 989. The molecule has 3 aromatic carbocycles. The number of hydrazone groups is 1. The summed E-state index contributed by atoms with van der Waals surface area (Å²) in [4.78, 5) is 12.1. The average molecular weight is 369 g/mol. The largest absolute Gasteiger partial charge is 0.481 e. The van der Waals surface area contributed by atoms with Crippen molar-refractivity contribution in [2.75, 3.05) is 0 Å². The predicted molar refractivity (Wildman–Crippen MR) is 109 cm³/mol. The summed E-state index contributed by atoms with van der Waals surface area (Å²) in [7, 11) is 0. The molecule has 5 nitrogen and oxygen atoms in total. The zero-order chi connectivity index (χ0) is 19.8. The van der Waals surface area contributed by atoms with Crippen LogP contribution in [0.15, 0.2) is 84.0 Å². The normalized spacial score (nSPS) is 11.6. The lowest BCUT2D eigenvalue weighted by molar-refractivity contribution is -0.127. The number of ether oxygens (including phenoxy) is 1. The van der Waals surface area contributed by atoms with Crippen LogP contribution in [-0.2, 0) is 4.79 Å². The number of hydrogen-bond acceptors (Lipinski definition) is 4. The van der Waals surface area contributed by atoms with Crippen molar-refractivity contribution in [3.8, 4) is 22.9 Å². The lowest BCUT2D eigenvalue weighted by Gasteiger charge is -2.12. The highest BCUT2D eigenvalue weighted by atomic mass is 16.5. The SMILES string of the molecule is CC(Oc1ccc(C#N)cc1)C(=O)N/N=C/c1ccc(-c2ccccc2)cc1. The maximum Gasteiger partial charge on any atom is 0.280 e. The maximum absolute atomic E-state index is 12.1. The first-order chi connectivity index (χ1) is 13.7. The van der Waals surface area contributed by atoms with Crippen LogP contribution in [-0.4, -0.2) is 18.2 Å². The average Bonchev–Trinajstić information content (AvgIpc) is 2.75. The Morgan fingerprint density at radius 1 is 1.00 bits per heavy atom. The Kier molecular flexibility index (Phi) is 6.17. The Hall–Kier alpha value is -3.91.